The summed E-state index contributed by atoms with van der Waals surface area (Å²) < 4.78 is 1.53. The first kappa shape index (κ1) is 8.84. The Balaban J connectivity index is 2.25. The van der Waals surface area contributed by atoms with Crippen LogP contribution in [0.4, 0.5) is 0 Å². The van der Waals surface area contributed by atoms with Gasteiger partial charge in [0.25, 0.3) is 0 Å². The van der Waals surface area contributed by atoms with Crippen LogP contribution in [0.25, 0.3) is 17.0 Å². The summed E-state index contributed by atoms with van der Waals surface area (Å²) >= 11 is 0. The Labute approximate surface area is 90.8 Å². The molecule has 0 aliphatic carbocycles. The summed E-state index contributed by atoms with van der Waals surface area (Å²) in [5, 5.41) is 4.34. The van der Waals surface area contributed by atoms with Crippen LogP contribution in [0.2, 0.25) is 0 Å². The van der Waals surface area contributed by atoms with E-state index >= 15 is 0 Å². The molecule has 16 heavy (non-hydrogen) atoms. The van der Waals surface area contributed by atoms with E-state index in [4.69, 9.17) is 0 Å². The van der Waals surface area contributed by atoms with Crippen LogP contribution in [0.1, 0.15) is 10.5 Å². The molecule has 3 heterocycles. The Morgan fingerprint density at radius 3 is 3.00 bits per heavy atom. The Morgan fingerprint density at radius 1 is 1.31 bits per heavy atom. The lowest BCUT2D eigenvalue weighted by molar-refractivity contribution is 0.111. The fourth-order valence-electron chi connectivity index (χ4n) is 1.60. The molecular weight excluding hydrogens is 204 g/mol. The highest BCUT2D eigenvalue weighted by Crippen LogP contribution is 2.14. The average Bonchev–Trinajstić information content (AvgIpc) is 2.97. The van der Waals surface area contributed by atoms with Crippen LogP contribution in [0.15, 0.2) is 36.7 Å². The van der Waals surface area contributed by atoms with Crippen molar-refractivity contribution in [2.24, 2.45) is 0 Å². The number of hydrogen-bond acceptors (Lipinski definition) is 3. The molecule has 0 saturated carbocycles. The molecule has 78 valence electrons. The van der Waals surface area contributed by atoms with Crippen molar-refractivity contribution in [1.82, 2.24) is 19.6 Å². The van der Waals surface area contributed by atoms with E-state index in [0.29, 0.717) is 11.3 Å². The lowest BCUT2D eigenvalue weighted by Crippen LogP contribution is -1.98. The molecule has 3 rings (SSSR count). The second kappa shape index (κ2) is 3.30. The van der Waals surface area contributed by atoms with Crippen molar-refractivity contribution >= 4 is 11.9 Å². The summed E-state index contributed by atoms with van der Waals surface area (Å²) in [7, 11) is 0. The smallest absolute Gasteiger partial charge is 0.170 e. The summed E-state index contributed by atoms with van der Waals surface area (Å²) in [6, 6.07) is 7.51. The molecule has 0 unspecified atom stereocenters. The predicted molar refractivity (Wildman–Crippen MR) is 58.2 cm³/mol. The highest BCUT2D eigenvalue weighted by molar-refractivity contribution is 5.73. The van der Waals surface area contributed by atoms with E-state index in [9.17, 15) is 4.79 Å². The van der Waals surface area contributed by atoms with Crippen molar-refractivity contribution in [1.29, 1.82) is 0 Å². The molecule has 0 radical (unpaired) electrons. The van der Waals surface area contributed by atoms with Gasteiger partial charge < -0.3 is 4.98 Å². The lowest BCUT2D eigenvalue weighted by atomic mass is 10.3. The Kier molecular flexibility index (Phi) is 1.83. The van der Waals surface area contributed by atoms with Gasteiger partial charge in [0.05, 0.1) is 11.9 Å². The molecule has 0 aromatic carbocycles. The highest BCUT2D eigenvalue weighted by Gasteiger charge is 2.06. The molecule has 5 heteroatoms. The monoisotopic (exact) mass is 212 g/mol. The number of carbonyl (C=O) groups is 1. The SMILES string of the molecule is O=Cc1cnc2ccc(-c3ccc[nH]3)nn12. The summed E-state index contributed by atoms with van der Waals surface area (Å²) in [4.78, 5) is 17.9. The molecule has 5 nitrogen and oxygen atoms in total. The van der Waals surface area contributed by atoms with E-state index in [1.807, 2.05) is 30.5 Å². The van der Waals surface area contributed by atoms with Gasteiger partial charge >= 0.3 is 0 Å². The molecule has 1 N–H and O–H groups in total. The van der Waals surface area contributed by atoms with Crippen molar-refractivity contribution in [3.05, 3.63) is 42.4 Å². The number of carbonyl (C=O) groups excluding carboxylic acids is 1. The minimum Gasteiger partial charge on any atom is -0.360 e. The fourth-order valence-corrected chi connectivity index (χ4v) is 1.60. The van der Waals surface area contributed by atoms with Crippen LogP contribution in [-0.2, 0) is 0 Å². The van der Waals surface area contributed by atoms with Crippen LogP contribution in [0.3, 0.4) is 0 Å². The number of hydrogen-bond donors (Lipinski definition) is 1. The van der Waals surface area contributed by atoms with Crippen molar-refractivity contribution in [2.45, 2.75) is 0 Å². The zero-order valence-electron chi connectivity index (χ0n) is 8.29. The van der Waals surface area contributed by atoms with Gasteiger partial charge in [-0.2, -0.15) is 5.10 Å². The quantitative estimate of drug-likeness (QED) is 0.655. The van der Waals surface area contributed by atoms with Crippen LogP contribution in [0.5, 0.6) is 0 Å². The van der Waals surface area contributed by atoms with Gasteiger partial charge in [-0.25, -0.2) is 9.50 Å². The number of fused-ring (bicyclic) bond motifs is 1. The van der Waals surface area contributed by atoms with Gasteiger partial charge in [-0.3, -0.25) is 4.79 Å². The highest BCUT2D eigenvalue weighted by atomic mass is 16.1. The number of imidazole rings is 1. The standard InChI is InChI=1S/C11H8N4O/c16-7-8-6-13-11-4-3-10(14-15(8)11)9-2-1-5-12-9/h1-7,12H. The van der Waals surface area contributed by atoms with Crippen LogP contribution < -0.4 is 0 Å². The number of aromatic amines is 1. The Bertz CT molecular complexity index is 639. The van der Waals surface area contributed by atoms with Crippen LogP contribution >= 0.6 is 0 Å². The van der Waals surface area contributed by atoms with Crippen LogP contribution in [-0.4, -0.2) is 25.9 Å². The number of H-pyrrole nitrogens is 1. The molecule has 0 aliphatic heterocycles. The zero-order valence-corrected chi connectivity index (χ0v) is 8.29. The summed E-state index contributed by atoms with van der Waals surface area (Å²) in [6.07, 6.45) is 4.08. The number of aldehydes is 1. The minimum absolute atomic E-state index is 0.448. The molecule has 3 aromatic rings. The van der Waals surface area contributed by atoms with E-state index in [1.54, 1.807) is 0 Å². The third kappa shape index (κ3) is 1.22. The largest absolute Gasteiger partial charge is 0.360 e. The van der Waals surface area contributed by atoms with Crippen molar-refractivity contribution < 1.29 is 4.79 Å². The maximum Gasteiger partial charge on any atom is 0.170 e. The summed E-state index contributed by atoms with van der Waals surface area (Å²) in [5.41, 5.74) is 2.80. The molecule has 0 saturated heterocycles. The second-order valence-electron chi connectivity index (χ2n) is 3.37. The molecule has 0 spiro atoms. The van der Waals surface area contributed by atoms with Crippen molar-refractivity contribution in [3.8, 4) is 11.4 Å². The van der Waals surface area contributed by atoms with Gasteiger partial charge in [0.2, 0.25) is 0 Å². The second-order valence-corrected chi connectivity index (χ2v) is 3.37. The van der Waals surface area contributed by atoms with Gasteiger partial charge in [-0.15, -0.1) is 0 Å². The van der Waals surface area contributed by atoms with Gasteiger partial charge in [-0.1, -0.05) is 0 Å². The van der Waals surface area contributed by atoms with E-state index < -0.39 is 0 Å². The molecule has 3 aromatic heterocycles. The number of nitrogens with one attached hydrogen (secondary N) is 1. The van der Waals surface area contributed by atoms with Crippen molar-refractivity contribution in [2.75, 3.05) is 0 Å². The first-order valence-corrected chi connectivity index (χ1v) is 4.82. The first-order valence-electron chi connectivity index (χ1n) is 4.82. The average molecular weight is 212 g/mol. The number of nitrogens with zero attached hydrogens (tertiary/aromatic N) is 3. The van der Waals surface area contributed by atoms with Gasteiger partial charge in [0, 0.05) is 6.20 Å². The molecule has 0 amide bonds. The Hall–Kier alpha value is -2.43. The maximum absolute atomic E-state index is 10.8. The molecule has 0 fully saturated rings. The first-order chi connectivity index (χ1) is 7.88. The van der Waals surface area contributed by atoms with Gasteiger partial charge in [0.15, 0.2) is 11.9 Å². The topological polar surface area (TPSA) is 63.0 Å². The third-order valence-electron chi connectivity index (χ3n) is 2.38. The third-order valence-corrected chi connectivity index (χ3v) is 2.38. The van der Waals surface area contributed by atoms with E-state index in [-0.39, 0.29) is 0 Å². The fraction of sp³-hybridized carbons (Fsp3) is 0. The van der Waals surface area contributed by atoms with Gasteiger partial charge in [-0.05, 0) is 24.3 Å². The van der Waals surface area contributed by atoms with Crippen molar-refractivity contribution in [3.63, 3.8) is 0 Å². The predicted octanol–water partition coefficient (Wildman–Crippen LogP) is 1.54. The molecular formula is C11H8N4O. The normalized spacial score (nSPS) is 10.8. The zero-order chi connectivity index (χ0) is 11.0. The molecule has 0 atom stereocenters. The molecule has 0 bridgehead atoms. The maximum atomic E-state index is 10.8. The van der Waals surface area contributed by atoms with E-state index in [2.05, 4.69) is 15.1 Å². The number of rotatable bonds is 2. The summed E-state index contributed by atoms with van der Waals surface area (Å²) in [6.45, 7) is 0. The van der Waals surface area contributed by atoms with Gasteiger partial charge in [0.1, 0.15) is 11.4 Å². The Morgan fingerprint density at radius 2 is 2.25 bits per heavy atom. The van der Waals surface area contributed by atoms with E-state index in [0.717, 1.165) is 17.7 Å². The molecule has 0 aliphatic rings. The van der Waals surface area contributed by atoms with Crippen LogP contribution in [0, 0.1) is 0 Å². The summed E-state index contributed by atoms with van der Waals surface area (Å²) in [5.74, 6) is 0. The number of aromatic nitrogens is 4. The van der Waals surface area contributed by atoms with E-state index in [1.165, 1.54) is 10.7 Å². The minimum atomic E-state index is 0.448. The lowest BCUT2D eigenvalue weighted by Gasteiger charge is -1.99.